The Hall–Kier alpha value is -2.77. The Morgan fingerprint density at radius 2 is 2.11 bits per heavy atom. The van der Waals surface area contributed by atoms with Crippen LogP contribution in [0.1, 0.15) is 23.0 Å². The molecular formula is C20H16ClNO5S. The number of carboxylic acid groups (broad SMARTS) is 1. The van der Waals surface area contributed by atoms with Crippen molar-refractivity contribution in [2.75, 3.05) is 6.54 Å². The Bertz CT molecular complexity index is 1010. The molecule has 6 nitrogen and oxygen atoms in total. The second-order valence-electron chi connectivity index (χ2n) is 6.21. The lowest BCUT2D eigenvalue weighted by molar-refractivity contribution is -0.123. The van der Waals surface area contributed by atoms with Crippen molar-refractivity contribution in [2.45, 2.75) is 6.92 Å². The van der Waals surface area contributed by atoms with Gasteiger partial charge in [0, 0.05) is 18.2 Å². The number of halogens is 1. The lowest BCUT2D eigenvalue weighted by Crippen LogP contribution is -2.31. The molecule has 3 rings (SSSR count). The Kier molecular flexibility index (Phi) is 5.76. The van der Waals surface area contributed by atoms with Crippen molar-refractivity contribution >= 4 is 46.6 Å². The number of thioether (sulfide) groups is 1. The van der Waals surface area contributed by atoms with E-state index in [0.29, 0.717) is 17.1 Å². The number of benzene rings is 1. The van der Waals surface area contributed by atoms with Gasteiger partial charge in [-0.05, 0) is 48.0 Å². The van der Waals surface area contributed by atoms with Crippen LogP contribution in [0, 0.1) is 5.92 Å². The lowest BCUT2D eigenvalue weighted by Gasteiger charge is -2.14. The largest absolute Gasteiger partial charge is 0.478 e. The molecule has 2 amide bonds. The van der Waals surface area contributed by atoms with Crippen LogP contribution in [-0.4, -0.2) is 33.7 Å². The minimum Gasteiger partial charge on any atom is -0.478 e. The summed E-state index contributed by atoms with van der Waals surface area (Å²) in [5.41, 5.74) is 0.504. The van der Waals surface area contributed by atoms with Crippen LogP contribution in [-0.2, 0) is 4.79 Å². The molecule has 0 radical (unpaired) electrons. The quantitative estimate of drug-likeness (QED) is 0.516. The highest BCUT2D eigenvalue weighted by molar-refractivity contribution is 8.18. The number of nitrogens with zero attached hydrogens (tertiary/aromatic N) is 1. The summed E-state index contributed by atoms with van der Waals surface area (Å²) in [6.07, 6.45) is 3.18. The van der Waals surface area contributed by atoms with Gasteiger partial charge in [0.1, 0.15) is 11.5 Å². The van der Waals surface area contributed by atoms with Crippen molar-refractivity contribution in [3.63, 3.8) is 0 Å². The zero-order chi connectivity index (χ0) is 20.4. The second-order valence-corrected chi connectivity index (χ2v) is 7.61. The SMILES string of the molecule is C=CC(C)CN1C(=O)S/C(=C\c2ccc(-c3ccc(Cl)c(C(=O)O)c3)o2)C1=O. The zero-order valence-corrected chi connectivity index (χ0v) is 16.4. The Labute approximate surface area is 170 Å². The maximum atomic E-state index is 12.5. The molecule has 8 heteroatoms. The molecule has 1 aromatic heterocycles. The van der Waals surface area contributed by atoms with Crippen LogP contribution in [0.3, 0.4) is 0 Å². The smallest absolute Gasteiger partial charge is 0.337 e. The highest BCUT2D eigenvalue weighted by Gasteiger charge is 2.35. The van der Waals surface area contributed by atoms with Gasteiger partial charge in [0.05, 0.1) is 15.5 Å². The predicted octanol–water partition coefficient (Wildman–Crippen LogP) is 5.16. The maximum absolute atomic E-state index is 12.5. The van der Waals surface area contributed by atoms with E-state index in [9.17, 15) is 19.5 Å². The molecule has 2 heterocycles. The van der Waals surface area contributed by atoms with Crippen molar-refractivity contribution in [3.05, 3.63) is 64.2 Å². The molecule has 1 saturated heterocycles. The molecule has 0 saturated carbocycles. The van der Waals surface area contributed by atoms with E-state index < -0.39 is 5.97 Å². The summed E-state index contributed by atoms with van der Waals surface area (Å²) in [5.74, 6) is -0.715. The molecule has 1 aliphatic rings. The van der Waals surface area contributed by atoms with Crippen molar-refractivity contribution in [1.29, 1.82) is 0 Å². The summed E-state index contributed by atoms with van der Waals surface area (Å²) in [7, 11) is 0. The van der Waals surface area contributed by atoms with Gasteiger partial charge < -0.3 is 9.52 Å². The third-order valence-electron chi connectivity index (χ3n) is 4.13. The lowest BCUT2D eigenvalue weighted by atomic mass is 10.1. The number of furan rings is 1. The summed E-state index contributed by atoms with van der Waals surface area (Å²) in [6.45, 7) is 5.81. The van der Waals surface area contributed by atoms with Crippen LogP contribution in [0.5, 0.6) is 0 Å². The number of rotatable bonds is 6. The molecular weight excluding hydrogens is 402 g/mol. The highest BCUT2D eigenvalue weighted by atomic mass is 35.5. The molecule has 1 fully saturated rings. The number of hydrogen-bond donors (Lipinski definition) is 1. The van der Waals surface area contributed by atoms with E-state index in [1.807, 2.05) is 6.92 Å². The average molecular weight is 418 g/mol. The molecule has 0 spiro atoms. The fraction of sp³-hybridized carbons (Fsp3) is 0.150. The first kappa shape index (κ1) is 20.0. The van der Waals surface area contributed by atoms with Crippen molar-refractivity contribution in [3.8, 4) is 11.3 Å². The van der Waals surface area contributed by atoms with E-state index >= 15 is 0 Å². The van der Waals surface area contributed by atoms with E-state index in [1.165, 1.54) is 23.1 Å². The van der Waals surface area contributed by atoms with Gasteiger partial charge >= 0.3 is 5.97 Å². The molecule has 1 atom stereocenters. The van der Waals surface area contributed by atoms with Crippen LogP contribution in [0.25, 0.3) is 17.4 Å². The maximum Gasteiger partial charge on any atom is 0.337 e. The zero-order valence-electron chi connectivity index (χ0n) is 14.8. The van der Waals surface area contributed by atoms with Gasteiger partial charge in [-0.2, -0.15) is 0 Å². The van der Waals surface area contributed by atoms with Gasteiger partial charge in [0.25, 0.3) is 11.1 Å². The Balaban J connectivity index is 1.84. The van der Waals surface area contributed by atoms with Gasteiger partial charge in [-0.15, -0.1) is 6.58 Å². The number of imide groups is 1. The van der Waals surface area contributed by atoms with Crippen LogP contribution in [0.2, 0.25) is 5.02 Å². The number of hydrogen-bond acceptors (Lipinski definition) is 5. The molecule has 2 aromatic rings. The summed E-state index contributed by atoms with van der Waals surface area (Å²) in [6, 6.07) is 7.84. The van der Waals surface area contributed by atoms with Crippen molar-refractivity contribution in [2.24, 2.45) is 5.92 Å². The van der Waals surface area contributed by atoms with Gasteiger partial charge in [-0.25, -0.2) is 4.79 Å². The first-order valence-corrected chi connectivity index (χ1v) is 9.50. The van der Waals surface area contributed by atoms with E-state index in [-0.39, 0.29) is 39.1 Å². The number of carbonyl (C=O) groups is 3. The second kappa shape index (κ2) is 8.08. The van der Waals surface area contributed by atoms with Gasteiger partial charge in [-0.1, -0.05) is 24.6 Å². The van der Waals surface area contributed by atoms with Crippen molar-refractivity contribution < 1.29 is 23.9 Å². The predicted molar refractivity (Wildman–Crippen MR) is 108 cm³/mol. The Morgan fingerprint density at radius 3 is 2.79 bits per heavy atom. The van der Waals surface area contributed by atoms with Crippen molar-refractivity contribution in [1.82, 2.24) is 4.90 Å². The number of carboxylic acids is 1. The van der Waals surface area contributed by atoms with Gasteiger partial charge in [0.15, 0.2) is 0 Å². The van der Waals surface area contributed by atoms with E-state index in [2.05, 4.69) is 6.58 Å². The van der Waals surface area contributed by atoms with Gasteiger partial charge in [-0.3, -0.25) is 14.5 Å². The molecule has 0 bridgehead atoms. The number of amides is 2. The molecule has 0 aliphatic carbocycles. The highest BCUT2D eigenvalue weighted by Crippen LogP contribution is 2.34. The van der Waals surface area contributed by atoms with E-state index in [0.717, 1.165) is 11.8 Å². The van der Waals surface area contributed by atoms with Crippen LogP contribution < -0.4 is 0 Å². The molecule has 28 heavy (non-hydrogen) atoms. The molecule has 144 valence electrons. The Morgan fingerprint density at radius 1 is 1.36 bits per heavy atom. The first-order valence-electron chi connectivity index (χ1n) is 8.31. The number of carbonyl (C=O) groups excluding carboxylic acids is 2. The topological polar surface area (TPSA) is 87.8 Å². The summed E-state index contributed by atoms with van der Waals surface area (Å²) in [4.78, 5) is 37.2. The monoisotopic (exact) mass is 417 g/mol. The molecule has 1 aliphatic heterocycles. The standard InChI is InChI=1S/C20H16ClNO5S/c1-3-11(2)10-22-18(23)17(28-20(22)26)9-13-5-7-16(27-13)12-4-6-15(21)14(8-12)19(24)25/h3-9,11H,1,10H2,2H3,(H,24,25)/b17-9-. The van der Waals surface area contributed by atoms with Crippen LogP contribution >= 0.6 is 23.4 Å². The summed E-state index contributed by atoms with van der Waals surface area (Å²) >= 11 is 6.73. The fourth-order valence-corrected chi connectivity index (χ4v) is 3.60. The molecule has 1 aromatic carbocycles. The normalized spacial score (nSPS) is 16.6. The number of aromatic carboxylic acids is 1. The summed E-state index contributed by atoms with van der Waals surface area (Å²) < 4.78 is 5.70. The average Bonchev–Trinajstić information content (AvgIpc) is 3.22. The van der Waals surface area contributed by atoms with Gasteiger partial charge in [0.2, 0.25) is 0 Å². The third kappa shape index (κ3) is 4.05. The summed E-state index contributed by atoms with van der Waals surface area (Å²) in [5, 5.41) is 8.98. The third-order valence-corrected chi connectivity index (χ3v) is 5.36. The van der Waals surface area contributed by atoms with Crippen LogP contribution in [0.4, 0.5) is 4.79 Å². The first-order chi connectivity index (χ1) is 13.3. The molecule has 1 N–H and O–H groups in total. The van der Waals surface area contributed by atoms with E-state index in [4.69, 9.17) is 16.0 Å². The fourth-order valence-electron chi connectivity index (χ4n) is 2.58. The van der Waals surface area contributed by atoms with Crippen LogP contribution in [0.15, 0.2) is 52.3 Å². The minimum atomic E-state index is -1.14. The molecule has 1 unspecified atom stereocenters. The minimum absolute atomic E-state index is 0.00333. The van der Waals surface area contributed by atoms with E-state index in [1.54, 1.807) is 24.3 Å².